The number of non-ortho nitro benzene ring substituents is 1. The van der Waals surface area contributed by atoms with E-state index >= 15 is 0 Å². The smallest absolute Gasteiger partial charge is 0.317 e. The molecule has 0 unspecified atom stereocenters. The zero-order chi connectivity index (χ0) is 17.8. The van der Waals surface area contributed by atoms with Gasteiger partial charge in [0.15, 0.2) is 0 Å². The Morgan fingerprint density at radius 2 is 1.96 bits per heavy atom. The second-order valence-corrected chi connectivity index (χ2v) is 6.43. The summed E-state index contributed by atoms with van der Waals surface area (Å²) < 4.78 is 0. The number of amides is 2. The number of nitrogens with one attached hydrogen (secondary N) is 1. The van der Waals surface area contributed by atoms with Gasteiger partial charge >= 0.3 is 6.03 Å². The van der Waals surface area contributed by atoms with Crippen molar-refractivity contribution in [3.63, 3.8) is 0 Å². The Morgan fingerprint density at radius 1 is 1.24 bits per heavy atom. The quantitative estimate of drug-likeness (QED) is 0.625. The normalized spacial score (nSPS) is 14.6. The van der Waals surface area contributed by atoms with Crippen LogP contribution in [0.4, 0.5) is 16.2 Å². The SMILES string of the molecule is C[C@@H](C1CC1)N(Cc1ccccc1)C(=O)Nc1cccc([N+](=O)[O-])c1. The molecule has 1 N–H and O–H groups in total. The van der Waals surface area contributed by atoms with Crippen molar-refractivity contribution in [3.8, 4) is 0 Å². The maximum atomic E-state index is 12.8. The molecular formula is C19H21N3O3. The van der Waals surface area contributed by atoms with E-state index in [1.807, 2.05) is 35.2 Å². The molecule has 1 aliphatic rings. The summed E-state index contributed by atoms with van der Waals surface area (Å²) in [7, 11) is 0. The third-order valence-electron chi connectivity index (χ3n) is 4.56. The molecule has 6 heteroatoms. The molecule has 0 aliphatic heterocycles. The third-order valence-corrected chi connectivity index (χ3v) is 4.56. The Hall–Kier alpha value is -2.89. The second kappa shape index (κ2) is 7.34. The number of nitro benzene ring substituents is 1. The summed E-state index contributed by atoms with van der Waals surface area (Å²) in [5.74, 6) is 0.527. The molecule has 2 aromatic carbocycles. The number of carbonyl (C=O) groups excluding carboxylic acids is 1. The number of hydrogen-bond acceptors (Lipinski definition) is 3. The van der Waals surface area contributed by atoms with Crippen molar-refractivity contribution in [2.24, 2.45) is 5.92 Å². The molecule has 1 aliphatic carbocycles. The van der Waals surface area contributed by atoms with Crippen molar-refractivity contribution in [1.82, 2.24) is 4.90 Å². The van der Waals surface area contributed by atoms with Crippen molar-refractivity contribution >= 4 is 17.4 Å². The lowest BCUT2D eigenvalue weighted by atomic mass is 10.1. The van der Waals surface area contributed by atoms with Gasteiger partial charge in [-0.15, -0.1) is 0 Å². The van der Waals surface area contributed by atoms with Crippen molar-refractivity contribution in [2.45, 2.75) is 32.4 Å². The average Bonchev–Trinajstić information content (AvgIpc) is 3.45. The van der Waals surface area contributed by atoms with Gasteiger partial charge in [0.2, 0.25) is 0 Å². The highest BCUT2D eigenvalue weighted by atomic mass is 16.6. The van der Waals surface area contributed by atoms with E-state index < -0.39 is 4.92 Å². The standard InChI is InChI=1S/C19H21N3O3/c1-14(16-10-11-16)21(13-15-6-3-2-4-7-15)19(23)20-17-8-5-9-18(12-17)22(24)25/h2-9,12,14,16H,10-11,13H2,1H3,(H,20,23)/t14-/m0/s1. The molecule has 2 amide bonds. The van der Waals surface area contributed by atoms with Gasteiger partial charge in [0.25, 0.3) is 5.69 Å². The lowest BCUT2D eigenvalue weighted by molar-refractivity contribution is -0.384. The monoisotopic (exact) mass is 339 g/mol. The Bertz CT molecular complexity index is 760. The summed E-state index contributed by atoms with van der Waals surface area (Å²) in [5, 5.41) is 13.7. The summed E-state index contributed by atoms with van der Waals surface area (Å²) in [6.07, 6.45) is 2.27. The van der Waals surface area contributed by atoms with Gasteiger partial charge in [-0.25, -0.2) is 4.79 Å². The van der Waals surface area contributed by atoms with Crippen molar-refractivity contribution < 1.29 is 9.72 Å². The molecular weight excluding hydrogens is 318 g/mol. The number of anilines is 1. The first kappa shape index (κ1) is 17.0. The van der Waals surface area contributed by atoms with E-state index in [4.69, 9.17) is 0 Å². The molecule has 3 rings (SSSR count). The van der Waals surface area contributed by atoms with E-state index in [0.29, 0.717) is 18.2 Å². The molecule has 130 valence electrons. The molecule has 1 atom stereocenters. The van der Waals surface area contributed by atoms with Crippen LogP contribution in [0.15, 0.2) is 54.6 Å². The van der Waals surface area contributed by atoms with E-state index in [2.05, 4.69) is 12.2 Å². The maximum Gasteiger partial charge on any atom is 0.322 e. The summed E-state index contributed by atoms with van der Waals surface area (Å²) in [5.41, 5.74) is 1.45. The molecule has 1 fully saturated rings. The van der Waals surface area contributed by atoms with Crippen LogP contribution < -0.4 is 5.32 Å². The van der Waals surface area contributed by atoms with Gasteiger partial charge in [-0.05, 0) is 37.3 Å². The fourth-order valence-corrected chi connectivity index (χ4v) is 2.91. The molecule has 1 saturated carbocycles. The number of nitrogens with zero attached hydrogens (tertiary/aromatic N) is 2. The number of nitro groups is 1. The average molecular weight is 339 g/mol. The highest BCUT2D eigenvalue weighted by Crippen LogP contribution is 2.36. The summed E-state index contributed by atoms with van der Waals surface area (Å²) in [6.45, 7) is 2.58. The molecule has 0 spiro atoms. The van der Waals surface area contributed by atoms with Crippen molar-refractivity contribution in [1.29, 1.82) is 0 Å². The molecule has 0 bridgehead atoms. The van der Waals surface area contributed by atoms with Crippen molar-refractivity contribution in [2.75, 3.05) is 5.32 Å². The molecule has 25 heavy (non-hydrogen) atoms. The maximum absolute atomic E-state index is 12.8. The minimum Gasteiger partial charge on any atom is -0.317 e. The lowest BCUT2D eigenvalue weighted by Gasteiger charge is -2.29. The van der Waals surface area contributed by atoms with Gasteiger partial charge in [-0.1, -0.05) is 36.4 Å². The zero-order valence-electron chi connectivity index (χ0n) is 14.1. The van der Waals surface area contributed by atoms with Crippen LogP contribution in [0.1, 0.15) is 25.3 Å². The Balaban J connectivity index is 1.76. The minimum absolute atomic E-state index is 0.0392. The number of rotatable bonds is 6. The first-order valence-electron chi connectivity index (χ1n) is 8.40. The van der Waals surface area contributed by atoms with Crippen LogP contribution in [0.2, 0.25) is 0 Å². The zero-order valence-corrected chi connectivity index (χ0v) is 14.1. The van der Waals surface area contributed by atoms with Gasteiger partial charge in [0, 0.05) is 30.4 Å². The molecule has 2 aromatic rings. The van der Waals surface area contributed by atoms with Crippen LogP contribution in [0, 0.1) is 16.0 Å². The topological polar surface area (TPSA) is 75.5 Å². The fraction of sp³-hybridized carbons (Fsp3) is 0.316. The fourth-order valence-electron chi connectivity index (χ4n) is 2.91. The van der Waals surface area contributed by atoms with Crippen LogP contribution in [-0.2, 0) is 6.54 Å². The van der Waals surface area contributed by atoms with Crippen LogP contribution in [0.5, 0.6) is 0 Å². The van der Waals surface area contributed by atoms with Gasteiger partial charge < -0.3 is 10.2 Å². The number of urea groups is 1. The van der Waals surface area contributed by atoms with Crippen LogP contribution >= 0.6 is 0 Å². The Morgan fingerprint density at radius 3 is 2.60 bits per heavy atom. The van der Waals surface area contributed by atoms with E-state index in [1.54, 1.807) is 12.1 Å². The first-order chi connectivity index (χ1) is 12.0. The van der Waals surface area contributed by atoms with E-state index in [0.717, 1.165) is 18.4 Å². The molecule has 0 heterocycles. The van der Waals surface area contributed by atoms with Gasteiger partial charge in [0.05, 0.1) is 4.92 Å². The van der Waals surface area contributed by atoms with Crippen LogP contribution in [0.25, 0.3) is 0 Å². The van der Waals surface area contributed by atoms with Crippen molar-refractivity contribution in [3.05, 3.63) is 70.3 Å². The predicted molar refractivity (Wildman–Crippen MR) is 96.3 cm³/mol. The molecule has 6 nitrogen and oxygen atoms in total. The van der Waals surface area contributed by atoms with Gasteiger partial charge in [-0.2, -0.15) is 0 Å². The van der Waals surface area contributed by atoms with Crippen LogP contribution in [0.3, 0.4) is 0 Å². The largest absolute Gasteiger partial charge is 0.322 e. The molecule has 0 radical (unpaired) electrons. The second-order valence-electron chi connectivity index (χ2n) is 6.43. The first-order valence-corrected chi connectivity index (χ1v) is 8.40. The number of benzene rings is 2. The molecule has 0 aromatic heterocycles. The lowest BCUT2D eigenvalue weighted by Crippen LogP contribution is -2.42. The molecule has 0 saturated heterocycles. The highest BCUT2D eigenvalue weighted by Gasteiger charge is 2.34. The summed E-state index contributed by atoms with van der Waals surface area (Å²) in [6, 6.07) is 15.7. The third kappa shape index (κ3) is 4.35. The summed E-state index contributed by atoms with van der Waals surface area (Å²) in [4.78, 5) is 25.1. The predicted octanol–water partition coefficient (Wildman–Crippen LogP) is 4.43. The number of carbonyl (C=O) groups is 1. The van der Waals surface area contributed by atoms with Gasteiger partial charge in [-0.3, -0.25) is 10.1 Å². The van der Waals surface area contributed by atoms with E-state index in [9.17, 15) is 14.9 Å². The van der Waals surface area contributed by atoms with Gasteiger partial charge in [0.1, 0.15) is 0 Å². The Kier molecular flexibility index (Phi) is 4.97. The van der Waals surface area contributed by atoms with E-state index in [-0.39, 0.29) is 17.8 Å². The van der Waals surface area contributed by atoms with Crippen LogP contribution in [-0.4, -0.2) is 21.9 Å². The Labute approximate surface area is 146 Å². The van der Waals surface area contributed by atoms with E-state index in [1.165, 1.54) is 12.1 Å². The minimum atomic E-state index is -0.468. The summed E-state index contributed by atoms with van der Waals surface area (Å²) >= 11 is 0. The highest BCUT2D eigenvalue weighted by molar-refractivity contribution is 5.90. The number of hydrogen-bond donors (Lipinski definition) is 1.